The summed E-state index contributed by atoms with van der Waals surface area (Å²) in [7, 11) is 0. The zero-order valence-electron chi connectivity index (χ0n) is 17.1. The second-order valence-corrected chi connectivity index (χ2v) is 7.61. The van der Waals surface area contributed by atoms with Gasteiger partial charge < -0.3 is 14.2 Å². The predicted octanol–water partition coefficient (Wildman–Crippen LogP) is 6.18. The Bertz CT molecular complexity index is 1160. The summed E-state index contributed by atoms with van der Waals surface area (Å²) in [6.07, 6.45) is 7.16. The van der Waals surface area contributed by atoms with Crippen molar-refractivity contribution in [2.24, 2.45) is 0 Å². The molecule has 3 aromatic rings. The minimum Gasteiger partial charge on any atom is -0.492 e. The molecule has 150 valence electrons. The van der Waals surface area contributed by atoms with Gasteiger partial charge >= 0.3 is 0 Å². The van der Waals surface area contributed by atoms with E-state index in [4.69, 9.17) is 14.2 Å². The first-order chi connectivity index (χ1) is 14.7. The molecule has 3 aromatic carbocycles. The van der Waals surface area contributed by atoms with E-state index >= 15 is 0 Å². The smallest absolute Gasteiger partial charge is 0.161 e. The quantitative estimate of drug-likeness (QED) is 0.493. The Balaban J connectivity index is 1.50. The Labute approximate surface area is 177 Å². The summed E-state index contributed by atoms with van der Waals surface area (Å²) in [5, 5.41) is 0. The lowest BCUT2D eigenvalue weighted by Gasteiger charge is -2.19. The number of ether oxygens (including phenoxy) is 3. The SMILES string of the molecule is C=Cc1cc(/C=C/c2cccc(-c3ccc4c(c3)OCCO4)c2C)c2c(c1)CCO2. The summed E-state index contributed by atoms with van der Waals surface area (Å²) in [4.78, 5) is 0. The molecule has 0 amide bonds. The third-order valence-corrected chi connectivity index (χ3v) is 5.74. The van der Waals surface area contributed by atoms with E-state index in [-0.39, 0.29) is 0 Å². The molecule has 2 aliphatic rings. The van der Waals surface area contributed by atoms with Gasteiger partial charge in [-0.1, -0.05) is 49.1 Å². The molecule has 0 radical (unpaired) electrons. The van der Waals surface area contributed by atoms with Gasteiger partial charge in [-0.05, 0) is 64.6 Å². The fourth-order valence-electron chi connectivity index (χ4n) is 4.14. The number of benzene rings is 3. The molecule has 0 spiro atoms. The summed E-state index contributed by atoms with van der Waals surface area (Å²) in [6.45, 7) is 8.02. The molecule has 5 rings (SSSR count). The van der Waals surface area contributed by atoms with Crippen LogP contribution >= 0.6 is 0 Å². The van der Waals surface area contributed by atoms with E-state index in [1.807, 2.05) is 12.1 Å². The van der Waals surface area contributed by atoms with Crippen molar-refractivity contribution in [1.82, 2.24) is 0 Å². The first kappa shape index (κ1) is 18.6. The highest BCUT2D eigenvalue weighted by Gasteiger charge is 2.16. The van der Waals surface area contributed by atoms with Gasteiger partial charge in [0, 0.05) is 12.0 Å². The van der Waals surface area contributed by atoms with E-state index < -0.39 is 0 Å². The zero-order valence-corrected chi connectivity index (χ0v) is 17.1. The number of fused-ring (bicyclic) bond motifs is 2. The van der Waals surface area contributed by atoms with Crippen LogP contribution in [0.2, 0.25) is 0 Å². The van der Waals surface area contributed by atoms with Gasteiger partial charge in [0.05, 0.1) is 6.61 Å². The summed E-state index contributed by atoms with van der Waals surface area (Å²) in [6, 6.07) is 16.8. The van der Waals surface area contributed by atoms with Gasteiger partial charge in [0.15, 0.2) is 11.5 Å². The van der Waals surface area contributed by atoms with E-state index in [1.54, 1.807) is 0 Å². The molecule has 0 saturated carbocycles. The molecule has 3 nitrogen and oxygen atoms in total. The molecular weight excluding hydrogens is 372 g/mol. The number of hydrogen-bond acceptors (Lipinski definition) is 3. The molecule has 0 bridgehead atoms. The molecule has 30 heavy (non-hydrogen) atoms. The summed E-state index contributed by atoms with van der Waals surface area (Å²) in [5.74, 6) is 2.63. The van der Waals surface area contributed by atoms with Crippen molar-refractivity contribution in [2.45, 2.75) is 13.3 Å². The first-order valence-electron chi connectivity index (χ1n) is 10.3. The normalized spacial score (nSPS) is 14.4. The third kappa shape index (κ3) is 3.37. The standard InChI is InChI=1S/C27H24O3/c1-3-19-15-22(27-23(16-19)11-12-30-27)8-7-20-5-4-6-24(18(20)2)21-9-10-25-26(17-21)29-14-13-28-25/h3-10,15-17H,1,11-14H2,2H3/b8-7+. The molecule has 0 aromatic heterocycles. The van der Waals surface area contributed by atoms with Gasteiger partial charge in [0.1, 0.15) is 19.0 Å². The van der Waals surface area contributed by atoms with Gasteiger partial charge in [-0.3, -0.25) is 0 Å². The van der Waals surface area contributed by atoms with Gasteiger partial charge in [-0.25, -0.2) is 0 Å². The molecule has 2 heterocycles. The van der Waals surface area contributed by atoms with Crippen molar-refractivity contribution in [3.05, 3.63) is 82.9 Å². The molecule has 2 aliphatic heterocycles. The van der Waals surface area contributed by atoms with E-state index in [0.29, 0.717) is 13.2 Å². The fraction of sp³-hybridized carbons (Fsp3) is 0.185. The van der Waals surface area contributed by atoms with Crippen LogP contribution in [-0.4, -0.2) is 19.8 Å². The predicted molar refractivity (Wildman–Crippen MR) is 122 cm³/mol. The monoisotopic (exact) mass is 396 g/mol. The van der Waals surface area contributed by atoms with Gasteiger partial charge in [0.25, 0.3) is 0 Å². The average Bonchev–Trinajstić information content (AvgIpc) is 3.26. The Hall–Kier alpha value is -3.46. The van der Waals surface area contributed by atoms with Crippen molar-refractivity contribution in [3.8, 4) is 28.4 Å². The average molecular weight is 396 g/mol. The second-order valence-electron chi connectivity index (χ2n) is 7.61. The summed E-state index contributed by atoms with van der Waals surface area (Å²) >= 11 is 0. The maximum atomic E-state index is 5.88. The lowest BCUT2D eigenvalue weighted by Crippen LogP contribution is -2.15. The van der Waals surface area contributed by atoms with E-state index in [2.05, 4.69) is 68.1 Å². The fourth-order valence-corrected chi connectivity index (χ4v) is 4.14. The van der Waals surface area contributed by atoms with Crippen LogP contribution in [0, 0.1) is 6.92 Å². The van der Waals surface area contributed by atoms with Crippen molar-refractivity contribution >= 4 is 18.2 Å². The summed E-state index contributed by atoms with van der Waals surface area (Å²) in [5.41, 5.74) is 8.21. The lowest BCUT2D eigenvalue weighted by molar-refractivity contribution is 0.171. The van der Waals surface area contributed by atoms with Crippen molar-refractivity contribution < 1.29 is 14.2 Å². The summed E-state index contributed by atoms with van der Waals surface area (Å²) < 4.78 is 17.3. The van der Waals surface area contributed by atoms with Gasteiger partial charge in [-0.15, -0.1) is 0 Å². The molecule has 0 atom stereocenters. The molecule has 0 aliphatic carbocycles. The third-order valence-electron chi connectivity index (χ3n) is 5.74. The van der Waals surface area contributed by atoms with Crippen LogP contribution in [0.5, 0.6) is 17.2 Å². The maximum Gasteiger partial charge on any atom is 0.161 e. The minimum atomic E-state index is 0.592. The van der Waals surface area contributed by atoms with Crippen LogP contribution in [0.4, 0.5) is 0 Å². The minimum absolute atomic E-state index is 0.592. The maximum absolute atomic E-state index is 5.88. The van der Waals surface area contributed by atoms with Gasteiger partial charge in [0.2, 0.25) is 0 Å². The highest BCUT2D eigenvalue weighted by Crippen LogP contribution is 2.37. The molecule has 0 fully saturated rings. The highest BCUT2D eigenvalue weighted by atomic mass is 16.6. The van der Waals surface area contributed by atoms with Crippen LogP contribution in [0.15, 0.2) is 55.1 Å². The van der Waals surface area contributed by atoms with E-state index in [0.717, 1.165) is 47.0 Å². The molecule has 3 heteroatoms. The Kier molecular flexibility index (Phi) is 4.80. The second kappa shape index (κ2) is 7.75. The zero-order chi connectivity index (χ0) is 20.5. The molecular formula is C27H24O3. The van der Waals surface area contributed by atoms with Crippen LogP contribution in [-0.2, 0) is 6.42 Å². The highest BCUT2D eigenvalue weighted by molar-refractivity contribution is 5.80. The van der Waals surface area contributed by atoms with Crippen molar-refractivity contribution in [3.63, 3.8) is 0 Å². The molecule has 0 unspecified atom stereocenters. The van der Waals surface area contributed by atoms with Crippen LogP contribution in [0.25, 0.3) is 29.4 Å². The van der Waals surface area contributed by atoms with Crippen molar-refractivity contribution in [1.29, 1.82) is 0 Å². The Morgan fingerprint density at radius 1 is 0.833 bits per heavy atom. The Morgan fingerprint density at radius 3 is 2.53 bits per heavy atom. The van der Waals surface area contributed by atoms with E-state index in [9.17, 15) is 0 Å². The largest absolute Gasteiger partial charge is 0.492 e. The molecule has 0 N–H and O–H groups in total. The first-order valence-corrected chi connectivity index (χ1v) is 10.3. The molecule has 0 saturated heterocycles. The van der Waals surface area contributed by atoms with Crippen LogP contribution in [0.1, 0.15) is 27.8 Å². The van der Waals surface area contributed by atoms with E-state index in [1.165, 1.54) is 22.3 Å². The van der Waals surface area contributed by atoms with Crippen LogP contribution < -0.4 is 14.2 Å². The number of hydrogen-bond donors (Lipinski definition) is 0. The van der Waals surface area contributed by atoms with Crippen molar-refractivity contribution in [2.75, 3.05) is 19.8 Å². The van der Waals surface area contributed by atoms with Gasteiger partial charge in [-0.2, -0.15) is 0 Å². The number of rotatable bonds is 4. The lowest BCUT2D eigenvalue weighted by atomic mass is 9.95. The van der Waals surface area contributed by atoms with Crippen LogP contribution in [0.3, 0.4) is 0 Å². The Morgan fingerprint density at radius 2 is 1.67 bits per heavy atom. The topological polar surface area (TPSA) is 27.7 Å².